The van der Waals surface area contributed by atoms with Gasteiger partial charge in [-0.1, -0.05) is 0 Å². The fraction of sp³-hybridized carbons (Fsp3) is 0.130. The van der Waals surface area contributed by atoms with E-state index in [0.29, 0.717) is 22.0 Å². The molecule has 0 amide bonds. The molecule has 2 aromatic heterocycles. The van der Waals surface area contributed by atoms with Gasteiger partial charge in [0.25, 0.3) is 10.0 Å². The second-order valence-corrected chi connectivity index (χ2v) is 9.32. The molecule has 0 aliphatic rings. The number of aromatic nitrogens is 3. The Bertz CT molecular complexity index is 1490. The number of rotatable bonds is 7. The molecule has 0 bridgehead atoms. The summed E-state index contributed by atoms with van der Waals surface area (Å²) in [7, 11) is -3.85. The zero-order chi connectivity index (χ0) is 25.3. The lowest BCUT2D eigenvalue weighted by molar-refractivity contribution is 0.427. The van der Waals surface area contributed by atoms with Crippen LogP contribution in [0.25, 0.3) is 22.4 Å². The fourth-order valence-corrected chi connectivity index (χ4v) is 4.77. The molecule has 0 radical (unpaired) electrons. The van der Waals surface area contributed by atoms with E-state index >= 15 is 4.39 Å². The summed E-state index contributed by atoms with van der Waals surface area (Å²) in [4.78, 5) is 2.87. The normalized spacial score (nSPS) is 11.6. The van der Waals surface area contributed by atoms with Gasteiger partial charge in [-0.3, -0.25) is 14.0 Å². The van der Waals surface area contributed by atoms with Crippen molar-refractivity contribution >= 4 is 15.7 Å². The van der Waals surface area contributed by atoms with E-state index in [2.05, 4.69) is 10.1 Å². The highest BCUT2D eigenvalue weighted by molar-refractivity contribution is 7.92. The number of halogens is 5. The molecule has 4 rings (SSSR count). The van der Waals surface area contributed by atoms with Gasteiger partial charge < -0.3 is 0 Å². The molecule has 6 nitrogen and oxygen atoms in total. The molecule has 0 aliphatic heterocycles. The van der Waals surface area contributed by atoms with Crippen molar-refractivity contribution in [3.63, 3.8) is 0 Å². The summed E-state index contributed by atoms with van der Waals surface area (Å²) in [6.07, 6.45) is 4.30. The Kier molecular flexibility index (Phi) is 6.57. The molecule has 0 unspecified atom stereocenters. The monoisotopic (exact) mass is 508 g/mol. The van der Waals surface area contributed by atoms with Gasteiger partial charge in [-0.25, -0.2) is 30.4 Å². The van der Waals surface area contributed by atoms with Crippen LogP contribution in [-0.2, 0) is 16.6 Å². The van der Waals surface area contributed by atoms with E-state index in [1.54, 1.807) is 12.1 Å². The first kappa shape index (κ1) is 24.3. The molecule has 2 heterocycles. The molecule has 0 atom stereocenters. The smallest absolute Gasteiger partial charge is 0.267 e. The van der Waals surface area contributed by atoms with Gasteiger partial charge in [0.15, 0.2) is 5.82 Å². The second-order valence-electron chi connectivity index (χ2n) is 7.38. The highest BCUT2D eigenvalue weighted by Crippen LogP contribution is 2.38. The zero-order valence-electron chi connectivity index (χ0n) is 18.1. The molecule has 0 fully saturated rings. The van der Waals surface area contributed by atoms with Crippen LogP contribution in [-0.4, -0.2) is 36.9 Å². The number of hydrogen-bond acceptors (Lipinski definition) is 4. The lowest BCUT2D eigenvalue weighted by Gasteiger charge is -2.21. The molecule has 0 spiro atoms. The maximum absolute atomic E-state index is 15.7. The molecule has 12 heteroatoms. The molecule has 4 aromatic rings. The molecule has 35 heavy (non-hydrogen) atoms. The van der Waals surface area contributed by atoms with Gasteiger partial charge in [-0.05, 0) is 48.0 Å². The van der Waals surface area contributed by atoms with Gasteiger partial charge >= 0.3 is 0 Å². The number of nitrogens with zero attached hydrogens (tertiary/aromatic N) is 4. The van der Waals surface area contributed by atoms with E-state index in [4.69, 9.17) is 0 Å². The fourth-order valence-electron chi connectivity index (χ4n) is 3.50. The molecule has 0 N–H and O–H groups in total. The first-order valence-electron chi connectivity index (χ1n) is 10.1. The lowest BCUT2D eigenvalue weighted by Crippen LogP contribution is -2.28. The van der Waals surface area contributed by atoms with Crippen LogP contribution in [0.4, 0.5) is 27.6 Å². The molecule has 182 valence electrons. The average Bonchev–Trinajstić information content (AvgIpc) is 3.24. The van der Waals surface area contributed by atoms with Crippen LogP contribution in [0.3, 0.4) is 0 Å². The van der Waals surface area contributed by atoms with Gasteiger partial charge in [0.05, 0.1) is 17.8 Å². The third kappa shape index (κ3) is 4.48. The Labute approximate surface area is 197 Å². The van der Waals surface area contributed by atoms with Crippen molar-refractivity contribution < 1.29 is 30.4 Å². The third-order valence-electron chi connectivity index (χ3n) is 5.25. The van der Waals surface area contributed by atoms with Crippen LogP contribution in [0, 0.1) is 23.3 Å². The largest absolute Gasteiger partial charge is 0.269 e. The maximum Gasteiger partial charge on any atom is 0.267 e. The topological polar surface area (TPSA) is 68.1 Å². The Balaban J connectivity index is 1.89. The summed E-state index contributed by atoms with van der Waals surface area (Å²) in [5.41, 5.74) is -0.784. The maximum atomic E-state index is 15.7. The van der Waals surface area contributed by atoms with Crippen molar-refractivity contribution in [1.82, 2.24) is 14.8 Å². The quantitative estimate of drug-likeness (QED) is 0.331. The number of sulfonamides is 1. The highest BCUT2D eigenvalue weighted by atomic mass is 32.2. The average molecular weight is 508 g/mol. The summed E-state index contributed by atoms with van der Waals surface area (Å²) in [6.45, 7) is -0.976. The Morgan fingerprint density at radius 2 is 1.66 bits per heavy atom. The van der Waals surface area contributed by atoms with E-state index in [1.807, 2.05) is 0 Å². The Hall–Kier alpha value is -3.80. The summed E-state index contributed by atoms with van der Waals surface area (Å²) in [5.74, 6) is -4.63. The standard InChI is InChI=1S/C23H17F5N4O2S/c1-31(35(33,34)20-12-15(25)2-3-17(20)26)19-5-4-18(27)21(22(19)28)23-16(13-32(30-23)11-8-24)14-6-9-29-10-7-14/h2-7,9-10,12-13H,8,11H2,1H3. The van der Waals surface area contributed by atoms with Crippen LogP contribution in [0.2, 0.25) is 0 Å². The van der Waals surface area contributed by atoms with Crippen molar-refractivity contribution in [3.8, 4) is 22.4 Å². The van der Waals surface area contributed by atoms with Crippen LogP contribution >= 0.6 is 0 Å². The van der Waals surface area contributed by atoms with Crippen LogP contribution < -0.4 is 4.31 Å². The number of benzene rings is 2. The van der Waals surface area contributed by atoms with Gasteiger partial charge in [0.1, 0.15) is 34.7 Å². The first-order chi connectivity index (χ1) is 16.6. The Morgan fingerprint density at radius 1 is 0.971 bits per heavy atom. The number of aryl methyl sites for hydroxylation is 1. The lowest BCUT2D eigenvalue weighted by atomic mass is 10.0. The van der Waals surface area contributed by atoms with Crippen molar-refractivity contribution in [2.75, 3.05) is 18.0 Å². The van der Waals surface area contributed by atoms with E-state index < -0.39 is 56.1 Å². The minimum absolute atomic E-state index is 0.186. The van der Waals surface area contributed by atoms with Gasteiger partial charge in [-0.2, -0.15) is 5.10 Å². The minimum Gasteiger partial charge on any atom is -0.269 e. The van der Waals surface area contributed by atoms with Crippen molar-refractivity contribution in [3.05, 3.63) is 84.3 Å². The van der Waals surface area contributed by atoms with E-state index in [1.165, 1.54) is 23.3 Å². The molecule has 0 aliphatic carbocycles. The summed E-state index contributed by atoms with van der Waals surface area (Å²) in [5, 5.41) is 4.11. The van der Waals surface area contributed by atoms with Crippen molar-refractivity contribution in [2.45, 2.75) is 11.4 Å². The van der Waals surface area contributed by atoms with Gasteiger partial charge in [-0.15, -0.1) is 0 Å². The Morgan fingerprint density at radius 3 is 2.34 bits per heavy atom. The third-order valence-corrected chi connectivity index (χ3v) is 7.03. The van der Waals surface area contributed by atoms with Gasteiger partial charge in [0, 0.05) is 31.2 Å². The molecular weight excluding hydrogens is 491 g/mol. The molecule has 0 saturated heterocycles. The van der Waals surface area contributed by atoms with Gasteiger partial charge in [0.2, 0.25) is 0 Å². The zero-order valence-corrected chi connectivity index (χ0v) is 18.9. The van der Waals surface area contributed by atoms with Crippen LogP contribution in [0.1, 0.15) is 0 Å². The van der Waals surface area contributed by atoms with Crippen LogP contribution in [0.5, 0.6) is 0 Å². The predicted molar refractivity (Wildman–Crippen MR) is 119 cm³/mol. The first-order valence-corrected chi connectivity index (χ1v) is 11.5. The van der Waals surface area contributed by atoms with E-state index in [0.717, 1.165) is 25.2 Å². The van der Waals surface area contributed by atoms with Crippen LogP contribution in [0.15, 0.2) is 66.0 Å². The predicted octanol–water partition coefficient (Wildman–Crippen LogP) is 4.96. The summed E-state index contributed by atoms with van der Waals surface area (Å²) >= 11 is 0. The molecule has 2 aromatic carbocycles. The highest BCUT2D eigenvalue weighted by Gasteiger charge is 2.30. The summed E-state index contributed by atoms with van der Waals surface area (Å²) < 4.78 is 98.9. The minimum atomic E-state index is -4.77. The second kappa shape index (κ2) is 9.45. The number of anilines is 1. The van der Waals surface area contributed by atoms with E-state index in [-0.39, 0.29) is 17.8 Å². The molecular formula is C23H17F5N4O2S. The van der Waals surface area contributed by atoms with E-state index in [9.17, 15) is 26.0 Å². The molecule has 0 saturated carbocycles. The number of hydrogen-bond donors (Lipinski definition) is 0. The summed E-state index contributed by atoms with van der Waals surface area (Å²) in [6, 6.07) is 6.62. The van der Waals surface area contributed by atoms with Crippen molar-refractivity contribution in [2.24, 2.45) is 0 Å². The SMILES string of the molecule is CN(c1ccc(F)c(-c2nn(CCF)cc2-c2ccncc2)c1F)S(=O)(=O)c1cc(F)ccc1F. The number of pyridine rings is 1. The number of alkyl halides is 1. The van der Waals surface area contributed by atoms with Crippen molar-refractivity contribution in [1.29, 1.82) is 0 Å².